The minimum atomic E-state index is -0.521. The minimum absolute atomic E-state index is 0.521. The van der Waals surface area contributed by atoms with Crippen molar-refractivity contribution in [2.24, 2.45) is 0 Å². The van der Waals surface area contributed by atoms with Gasteiger partial charge in [0.15, 0.2) is 0 Å². The Morgan fingerprint density at radius 2 is 2.26 bits per heavy atom. The van der Waals surface area contributed by atoms with E-state index < -0.39 is 6.10 Å². The fourth-order valence-corrected chi connectivity index (χ4v) is 3.06. The highest BCUT2D eigenvalue weighted by atomic mass is 35.5. The van der Waals surface area contributed by atoms with Crippen molar-refractivity contribution in [2.45, 2.75) is 31.9 Å². The molecular formula is C15H23ClN2O. The Morgan fingerprint density at radius 3 is 2.79 bits per heavy atom. The molecule has 1 fully saturated rings. The van der Waals surface area contributed by atoms with Crippen molar-refractivity contribution in [3.63, 3.8) is 0 Å². The SMILES string of the molecule is CC(O)c1ccc(N(C)CC2CCCN2C)cc1Cl. The van der Waals surface area contributed by atoms with Gasteiger partial charge in [0.1, 0.15) is 0 Å². The Morgan fingerprint density at radius 1 is 1.53 bits per heavy atom. The number of halogens is 1. The van der Waals surface area contributed by atoms with Gasteiger partial charge in [0.25, 0.3) is 0 Å². The van der Waals surface area contributed by atoms with Gasteiger partial charge in [0.2, 0.25) is 0 Å². The van der Waals surface area contributed by atoms with Crippen LogP contribution >= 0.6 is 11.6 Å². The summed E-state index contributed by atoms with van der Waals surface area (Å²) in [5, 5.41) is 10.2. The molecule has 2 atom stereocenters. The highest BCUT2D eigenvalue weighted by molar-refractivity contribution is 6.31. The van der Waals surface area contributed by atoms with Crippen LogP contribution < -0.4 is 4.90 Å². The molecule has 1 aliphatic heterocycles. The van der Waals surface area contributed by atoms with Gasteiger partial charge in [-0.15, -0.1) is 0 Å². The van der Waals surface area contributed by atoms with E-state index in [1.165, 1.54) is 19.4 Å². The van der Waals surface area contributed by atoms with Crippen LogP contribution in [0.5, 0.6) is 0 Å². The molecule has 1 aliphatic rings. The molecular weight excluding hydrogens is 260 g/mol. The summed E-state index contributed by atoms with van der Waals surface area (Å²) in [6.07, 6.45) is 2.03. The van der Waals surface area contributed by atoms with Crippen LogP contribution in [0.3, 0.4) is 0 Å². The summed E-state index contributed by atoms with van der Waals surface area (Å²) >= 11 is 6.22. The lowest BCUT2D eigenvalue weighted by Crippen LogP contribution is -2.36. The van der Waals surface area contributed by atoms with Gasteiger partial charge in [0.05, 0.1) is 6.10 Å². The van der Waals surface area contributed by atoms with Gasteiger partial charge in [0, 0.05) is 30.3 Å². The molecule has 3 nitrogen and oxygen atoms in total. The highest BCUT2D eigenvalue weighted by Crippen LogP contribution is 2.28. The predicted octanol–water partition coefficient (Wildman–Crippen LogP) is 2.92. The summed E-state index contributed by atoms with van der Waals surface area (Å²) in [6.45, 7) is 3.94. The Labute approximate surface area is 120 Å². The Bertz CT molecular complexity index is 436. The summed E-state index contributed by atoms with van der Waals surface area (Å²) in [6, 6.07) is 6.51. The van der Waals surface area contributed by atoms with Gasteiger partial charge in [-0.2, -0.15) is 0 Å². The number of rotatable bonds is 4. The van der Waals surface area contributed by atoms with Crippen molar-refractivity contribution in [3.05, 3.63) is 28.8 Å². The second-order valence-electron chi connectivity index (χ2n) is 5.54. The number of likely N-dealkylation sites (tertiary alicyclic amines) is 1. The fourth-order valence-electron chi connectivity index (χ4n) is 2.72. The maximum absolute atomic E-state index is 9.59. The molecule has 2 unspecified atom stereocenters. The molecule has 0 bridgehead atoms. The van der Waals surface area contributed by atoms with E-state index in [4.69, 9.17) is 11.6 Å². The first-order valence-corrected chi connectivity index (χ1v) is 7.25. The summed E-state index contributed by atoms with van der Waals surface area (Å²) < 4.78 is 0. The zero-order chi connectivity index (χ0) is 14.0. The van der Waals surface area contributed by atoms with Crippen LogP contribution in [0.25, 0.3) is 0 Å². The third-order valence-corrected chi connectivity index (χ3v) is 4.36. The Hall–Kier alpha value is -0.770. The average molecular weight is 283 g/mol. The van der Waals surface area contributed by atoms with Crippen LogP contribution in [0.4, 0.5) is 5.69 Å². The third-order valence-electron chi connectivity index (χ3n) is 4.03. The summed E-state index contributed by atoms with van der Waals surface area (Å²) in [7, 11) is 4.29. The number of likely N-dealkylation sites (N-methyl/N-ethyl adjacent to an activating group) is 2. The van der Waals surface area contributed by atoms with Crippen LogP contribution in [0.2, 0.25) is 5.02 Å². The molecule has 0 aliphatic carbocycles. The summed E-state index contributed by atoms with van der Waals surface area (Å²) in [5.74, 6) is 0. The minimum Gasteiger partial charge on any atom is -0.389 e. The smallest absolute Gasteiger partial charge is 0.0776 e. The van der Waals surface area contributed by atoms with Crippen LogP contribution in [0.1, 0.15) is 31.4 Å². The van der Waals surface area contributed by atoms with E-state index >= 15 is 0 Å². The molecule has 1 aromatic carbocycles. The number of anilines is 1. The van der Waals surface area contributed by atoms with Crippen LogP contribution in [0, 0.1) is 0 Å². The largest absolute Gasteiger partial charge is 0.389 e. The third kappa shape index (κ3) is 3.41. The number of benzene rings is 1. The average Bonchev–Trinajstić information content (AvgIpc) is 2.74. The van der Waals surface area contributed by atoms with E-state index in [0.29, 0.717) is 11.1 Å². The number of nitrogens with zero attached hydrogens (tertiary/aromatic N) is 2. The highest BCUT2D eigenvalue weighted by Gasteiger charge is 2.22. The van der Waals surface area contributed by atoms with Gasteiger partial charge >= 0.3 is 0 Å². The van der Waals surface area contributed by atoms with Crippen molar-refractivity contribution < 1.29 is 5.11 Å². The van der Waals surface area contributed by atoms with E-state index in [0.717, 1.165) is 17.8 Å². The molecule has 4 heteroatoms. The van der Waals surface area contributed by atoms with Crippen molar-refractivity contribution >= 4 is 17.3 Å². The molecule has 106 valence electrons. The van der Waals surface area contributed by atoms with Crippen LogP contribution in [0.15, 0.2) is 18.2 Å². The molecule has 1 N–H and O–H groups in total. The van der Waals surface area contributed by atoms with E-state index in [-0.39, 0.29) is 0 Å². The first-order valence-electron chi connectivity index (χ1n) is 6.88. The molecule has 0 spiro atoms. The van der Waals surface area contributed by atoms with E-state index in [1.807, 2.05) is 18.2 Å². The number of aliphatic hydroxyl groups excluding tert-OH is 1. The maximum Gasteiger partial charge on any atom is 0.0776 e. The van der Waals surface area contributed by atoms with Crippen LogP contribution in [-0.4, -0.2) is 43.2 Å². The van der Waals surface area contributed by atoms with Crippen LogP contribution in [-0.2, 0) is 0 Å². The number of hydrogen-bond acceptors (Lipinski definition) is 3. The van der Waals surface area contributed by atoms with Gasteiger partial charge in [-0.05, 0) is 51.1 Å². The molecule has 1 heterocycles. The number of aliphatic hydroxyl groups is 1. The van der Waals surface area contributed by atoms with E-state index in [1.54, 1.807) is 6.92 Å². The summed E-state index contributed by atoms with van der Waals surface area (Å²) in [4.78, 5) is 4.66. The monoisotopic (exact) mass is 282 g/mol. The fraction of sp³-hybridized carbons (Fsp3) is 0.600. The lowest BCUT2D eigenvalue weighted by atomic mass is 10.1. The second kappa shape index (κ2) is 6.12. The molecule has 1 saturated heterocycles. The van der Waals surface area contributed by atoms with Gasteiger partial charge in [-0.25, -0.2) is 0 Å². The standard InChI is InChI=1S/C15H23ClN2O/c1-11(19)14-7-6-12(9-15(14)16)18(3)10-13-5-4-8-17(13)2/h6-7,9,11,13,19H,4-5,8,10H2,1-3H3. The van der Waals surface area contributed by atoms with Crippen molar-refractivity contribution in [1.82, 2.24) is 4.90 Å². The lowest BCUT2D eigenvalue weighted by Gasteiger charge is -2.27. The molecule has 19 heavy (non-hydrogen) atoms. The van der Waals surface area contributed by atoms with Crippen molar-refractivity contribution in [2.75, 3.05) is 32.1 Å². The lowest BCUT2D eigenvalue weighted by molar-refractivity contribution is 0.199. The number of hydrogen-bond donors (Lipinski definition) is 1. The molecule has 0 saturated carbocycles. The predicted molar refractivity (Wildman–Crippen MR) is 81.0 cm³/mol. The molecule has 0 aromatic heterocycles. The molecule has 1 aromatic rings. The molecule has 0 amide bonds. The Balaban J connectivity index is 2.07. The zero-order valence-corrected chi connectivity index (χ0v) is 12.7. The van der Waals surface area contributed by atoms with Crippen molar-refractivity contribution in [1.29, 1.82) is 0 Å². The Kier molecular flexibility index (Phi) is 4.71. The van der Waals surface area contributed by atoms with E-state index in [2.05, 4.69) is 23.9 Å². The topological polar surface area (TPSA) is 26.7 Å². The normalized spacial score (nSPS) is 21.6. The summed E-state index contributed by atoms with van der Waals surface area (Å²) in [5.41, 5.74) is 1.89. The first-order chi connectivity index (χ1) is 8.99. The second-order valence-corrected chi connectivity index (χ2v) is 5.95. The zero-order valence-electron chi connectivity index (χ0n) is 11.9. The molecule has 0 radical (unpaired) electrons. The quantitative estimate of drug-likeness (QED) is 0.920. The van der Waals surface area contributed by atoms with Gasteiger partial charge in [-0.3, -0.25) is 0 Å². The van der Waals surface area contributed by atoms with Gasteiger partial charge < -0.3 is 14.9 Å². The first kappa shape index (κ1) is 14.6. The van der Waals surface area contributed by atoms with Crippen molar-refractivity contribution in [3.8, 4) is 0 Å². The maximum atomic E-state index is 9.59. The van der Waals surface area contributed by atoms with Gasteiger partial charge in [-0.1, -0.05) is 17.7 Å². The molecule has 2 rings (SSSR count). The van der Waals surface area contributed by atoms with E-state index in [9.17, 15) is 5.11 Å².